The lowest BCUT2D eigenvalue weighted by atomic mass is 10.1. The summed E-state index contributed by atoms with van der Waals surface area (Å²) < 4.78 is 10.0. The topological polar surface area (TPSA) is 35.5 Å². The Hall–Kier alpha value is -6.35. The van der Waals surface area contributed by atoms with Gasteiger partial charge in [-0.2, -0.15) is 0 Å². The lowest BCUT2D eigenvalue weighted by molar-refractivity contribution is -0.129. The third-order valence-corrected chi connectivity index (χ3v) is 2.85. The van der Waals surface area contributed by atoms with Gasteiger partial charge in [0.2, 0.25) is 0 Å². The molecule has 0 aliphatic heterocycles. The van der Waals surface area contributed by atoms with E-state index in [0.29, 0.717) is 12.2 Å². The van der Waals surface area contributed by atoms with E-state index in [9.17, 15) is 4.79 Å². The largest absolute Gasteiger partial charge is 0.463 e. The smallest absolute Gasteiger partial charge is 0.293 e. The molecule has 0 amide bonds. The fourth-order valence-corrected chi connectivity index (χ4v) is 1.77. The first-order chi connectivity index (χ1) is 16.8. The van der Waals surface area contributed by atoms with E-state index in [1.54, 1.807) is 12.1 Å². The molecule has 1 aromatic carbocycles. The summed E-state index contributed by atoms with van der Waals surface area (Å²) in [5, 5.41) is 0. The van der Waals surface area contributed by atoms with E-state index in [1.165, 1.54) is 0 Å². The van der Waals surface area contributed by atoms with Crippen LogP contribution in [0.1, 0.15) is 11.1 Å². The summed E-state index contributed by atoms with van der Waals surface area (Å²) in [7, 11) is 0. The predicted octanol–water partition coefficient (Wildman–Crippen LogP) is 1.67. The first-order valence-corrected chi connectivity index (χ1v) is 9.04. The number of ether oxygens (including phenoxy) is 2. The normalized spacial score (nSPS) is 6.00. The van der Waals surface area contributed by atoms with Gasteiger partial charge < -0.3 is 9.47 Å². The van der Waals surface area contributed by atoms with Crippen LogP contribution in [0.2, 0.25) is 0 Å². The van der Waals surface area contributed by atoms with Crippen molar-refractivity contribution in [3.8, 4) is 137 Å². The Morgan fingerprint density at radius 2 is 1.12 bits per heavy atom. The van der Waals surface area contributed by atoms with Crippen LogP contribution in [-0.4, -0.2) is 6.47 Å². The van der Waals surface area contributed by atoms with Crippen LogP contribution in [0.4, 0.5) is 0 Å². The third kappa shape index (κ3) is 14.6. The van der Waals surface area contributed by atoms with Gasteiger partial charge in [-0.1, -0.05) is 6.07 Å². The summed E-state index contributed by atoms with van der Waals surface area (Å²) in [6.45, 7) is 2.44. The maximum absolute atomic E-state index is 10.3. The molecule has 0 atom stereocenters. The van der Waals surface area contributed by atoms with Crippen molar-refractivity contribution in [2.24, 2.45) is 0 Å². The second-order valence-electron chi connectivity index (χ2n) is 5.29. The predicted molar refractivity (Wildman–Crippen MR) is 129 cm³/mol. The Balaban J connectivity index is 2.49. The van der Waals surface area contributed by atoms with Gasteiger partial charge in [-0.15, -0.1) is 6.42 Å². The molecule has 0 radical (unpaired) electrons. The van der Waals surface area contributed by atoms with Gasteiger partial charge in [0.1, 0.15) is 18.5 Å². The fourth-order valence-electron chi connectivity index (χ4n) is 1.77. The van der Waals surface area contributed by atoms with E-state index in [1.807, 2.05) is 13.0 Å². The summed E-state index contributed by atoms with van der Waals surface area (Å²) in [4.78, 5) is 10.3. The van der Waals surface area contributed by atoms with Crippen LogP contribution in [-0.2, 0) is 16.1 Å². The summed E-state index contributed by atoms with van der Waals surface area (Å²) in [5.41, 5.74) is 1.74. The van der Waals surface area contributed by atoms with E-state index in [-0.39, 0.29) is 6.61 Å². The highest BCUT2D eigenvalue weighted by molar-refractivity contribution is 5.47. The van der Waals surface area contributed by atoms with Gasteiger partial charge in [-0.25, -0.2) is 0 Å². The minimum absolute atomic E-state index is 0.160. The second kappa shape index (κ2) is 18.7. The van der Waals surface area contributed by atoms with Crippen LogP contribution in [0.25, 0.3) is 0 Å². The molecule has 34 heavy (non-hydrogen) atoms. The highest BCUT2D eigenvalue weighted by Crippen LogP contribution is 2.17. The molecule has 0 unspecified atom stereocenters. The molecule has 152 valence electrons. The molecular formula is C31H10O3. The van der Waals surface area contributed by atoms with Crippen LogP contribution >= 0.6 is 0 Å². The van der Waals surface area contributed by atoms with Crippen molar-refractivity contribution in [2.45, 2.75) is 13.5 Å². The molecule has 0 saturated carbocycles. The van der Waals surface area contributed by atoms with E-state index in [4.69, 9.17) is 15.9 Å². The molecule has 1 rings (SSSR count). The molecule has 3 nitrogen and oxygen atoms in total. The molecule has 0 aliphatic carbocycles. The van der Waals surface area contributed by atoms with E-state index >= 15 is 0 Å². The molecule has 0 bridgehead atoms. The molecular weight excluding hydrogens is 420 g/mol. The van der Waals surface area contributed by atoms with Gasteiger partial charge in [-0.05, 0) is 77.5 Å². The summed E-state index contributed by atoms with van der Waals surface area (Å²) in [6, 6.07) is 5.39. The lowest BCUT2D eigenvalue weighted by Crippen LogP contribution is -1.92. The number of aryl methyl sites for hydroxylation is 1. The van der Waals surface area contributed by atoms with Crippen LogP contribution in [0.15, 0.2) is 18.2 Å². The molecule has 0 aromatic heterocycles. The molecule has 3 heteroatoms. The molecule has 0 N–H and O–H groups in total. The first kappa shape index (κ1) is 25.7. The Morgan fingerprint density at radius 3 is 1.56 bits per heavy atom. The minimum Gasteiger partial charge on any atom is -0.463 e. The zero-order chi connectivity index (χ0) is 24.5. The monoisotopic (exact) mass is 430 g/mol. The second-order valence-corrected chi connectivity index (χ2v) is 5.29. The Labute approximate surface area is 200 Å². The Morgan fingerprint density at radius 1 is 0.676 bits per heavy atom. The van der Waals surface area contributed by atoms with Gasteiger partial charge >= 0.3 is 0 Å². The van der Waals surface area contributed by atoms with Crippen molar-refractivity contribution in [3.05, 3.63) is 29.3 Å². The van der Waals surface area contributed by atoms with Crippen LogP contribution < -0.4 is 4.74 Å². The highest BCUT2D eigenvalue weighted by Gasteiger charge is 1.99. The van der Waals surface area contributed by atoms with Gasteiger partial charge in [0.15, 0.2) is 0 Å². The van der Waals surface area contributed by atoms with Crippen molar-refractivity contribution in [2.75, 3.05) is 0 Å². The third-order valence-electron chi connectivity index (χ3n) is 2.85. The van der Waals surface area contributed by atoms with Crippen LogP contribution in [0, 0.1) is 138 Å². The number of carbonyl (C=O) groups excluding carboxylic acids is 1. The van der Waals surface area contributed by atoms with Gasteiger partial charge in [0.05, 0.1) is 0 Å². The summed E-state index contributed by atoms with van der Waals surface area (Å²) >= 11 is 0. The van der Waals surface area contributed by atoms with Crippen LogP contribution in [0.5, 0.6) is 5.75 Å². The van der Waals surface area contributed by atoms with Crippen molar-refractivity contribution in [3.63, 3.8) is 0 Å². The van der Waals surface area contributed by atoms with Gasteiger partial charge in [-0.3, -0.25) is 4.79 Å². The molecule has 0 aliphatic rings. The SMILES string of the molecule is C#CC#CC#CC#CC#CC#CC#CC#CC#CC#CC#COc1cc(C)cc(COC=O)c1. The maximum Gasteiger partial charge on any atom is 0.293 e. The van der Waals surface area contributed by atoms with Gasteiger partial charge in [0, 0.05) is 71.0 Å². The van der Waals surface area contributed by atoms with E-state index in [2.05, 4.69) is 125 Å². The van der Waals surface area contributed by atoms with Crippen molar-refractivity contribution >= 4 is 6.47 Å². The highest BCUT2D eigenvalue weighted by atomic mass is 16.5. The number of carbonyl (C=O) groups is 1. The standard InChI is InChI=1S/C31H10O3/c1-3-4-5-6-7-8-9-10-11-12-13-14-15-16-17-18-19-20-21-22-23-34-31-25-29(2)24-30(26-31)27-33-28-32/h1,24-26,28H,27H2,2H3. The molecule has 0 fully saturated rings. The van der Waals surface area contributed by atoms with Crippen LogP contribution in [0.3, 0.4) is 0 Å². The number of benzene rings is 1. The first-order valence-electron chi connectivity index (χ1n) is 9.04. The van der Waals surface area contributed by atoms with Crippen molar-refractivity contribution < 1.29 is 14.3 Å². The number of rotatable bonds is 4. The number of hydrogen-bond acceptors (Lipinski definition) is 3. The molecule has 0 saturated heterocycles. The molecule has 1 aromatic rings. The molecule has 0 spiro atoms. The maximum atomic E-state index is 10.3. The Kier molecular flexibility index (Phi) is 14.1. The van der Waals surface area contributed by atoms with Gasteiger partial charge in [0.25, 0.3) is 6.47 Å². The summed E-state index contributed by atoms with van der Waals surface area (Å²) in [5.74, 6) is 49.7. The minimum atomic E-state index is 0.160. The zero-order valence-electron chi connectivity index (χ0n) is 17.8. The fraction of sp³-hybridized carbons (Fsp3) is 0.0645. The zero-order valence-corrected chi connectivity index (χ0v) is 17.8. The summed E-state index contributed by atoms with van der Waals surface area (Å²) in [6.07, 6.45) is 7.38. The van der Waals surface area contributed by atoms with Crippen molar-refractivity contribution in [1.82, 2.24) is 0 Å². The lowest BCUT2D eigenvalue weighted by Gasteiger charge is -2.04. The number of hydrogen-bond donors (Lipinski definition) is 0. The Bertz CT molecular complexity index is 1610. The number of terminal acetylenes is 1. The average Bonchev–Trinajstić information content (AvgIpc) is 2.83. The molecule has 0 heterocycles. The average molecular weight is 430 g/mol. The van der Waals surface area contributed by atoms with E-state index < -0.39 is 0 Å². The van der Waals surface area contributed by atoms with E-state index in [0.717, 1.165) is 11.1 Å². The quantitative estimate of drug-likeness (QED) is 0.539. The van der Waals surface area contributed by atoms with Crippen molar-refractivity contribution in [1.29, 1.82) is 0 Å².